The molecule has 0 saturated heterocycles. The summed E-state index contributed by atoms with van der Waals surface area (Å²) in [6, 6.07) is 0. The van der Waals surface area contributed by atoms with Crippen LogP contribution >= 0.6 is 0 Å². The van der Waals surface area contributed by atoms with Gasteiger partial charge >= 0.3 is 5.97 Å². The van der Waals surface area contributed by atoms with E-state index in [1.54, 1.807) is 7.11 Å². The molecule has 3 nitrogen and oxygen atoms in total. The van der Waals surface area contributed by atoms with Gasteiger partial charge in [0.25, 0.3) is 0 Å². The van der Waals surface area contributed by atoms with Crippen LogP contribution in [0.2, 0.25) is 0 Å². The lowest BCUT2D eigenvalue weighted by atomic mass is 9.66. The number of esters is 1. The summed E-state index contributed by atoms with van der Waals surface area (Å²) >= 11 is 0. The first-order valence-corrected chi connectivity index (χ1v) is 5.45. The number of methoxy groups -OCH3 is 1. The molecule has 0 aliphatic rings. The van der Waals surface area contributed by atoms with Crippen LogP contribution in [0.25, 0.3) is 0 Å². The third kappa shape index (κ3) is 3.49. The maximum Gasteiger partial charge on any atom is 0.312 e. The van der Waals surface area contributed by atoms with Crippen molar-refractivity contribution in [1.82, 2.24) is 0 Å². The van der Waals surface area contributed by atoms with Gasteiger partial charge in [-0.05, 0) is 25.7 Å². The normalized spacial score (nSPS) is 12.7. The van der Waals surface area contributed by atoms with Crippen molar-refractivity contribution < 1.29 is 14.3 Å². The second-order valence-corrected chi connectivity index (χ2v) is 4.99. The van der Waals surface area contributed by atoms with E-state index in [9.17, 15) is 4.79 Å². The molecule has 0 saturated carbocycles. The Morgan fingerprint density at radius 1 is 1.13 bits per heavy atom. The maximum atomic E-state index is 11.9. The summed E-state index contributed by atoms with van der Waals surface area (Å²) in [4.78, 5) is 11.9. The zero-order valence-electron chi connectivity index (χ0n) is 10.8. The van der Waals surface area contributed by atoms with Crippen molar-refractivity contribution in [3.63, 3.8) is 0 Å². The van der Waals surface area contributed by atoms with Gasteiger partial charge in [-0.25, -0.2) is 0 Å². The van der Waals surface area contributed by atoms with Crippen molar-refractivity contribution in [2.75, 3.05) is 20.3 Å². The number of hydrogen-bond acceptors (Lipinski definition) is 3. The molecule has 0 amide bonds. The topological polar surface area (TPSA) is 35.5 Å². The lowest BCUT2D eigenvalue weighted by Crippen LogP contribution is -2.40. The molecular weight excluding hydrogens is 192 g/mol. The molecule has 0 aromatic carbocycles. The molecule has 0 bridgehead atoms. The molecule has 0 heterocycles. The monoisotopic (exact) mass is 216 g/mol. The highest BCUT2D eigenvalue weighted by atomic mass is 16.6. The minimum absolute atomic E-state index is 0.0584. The number of rotatable bonds is 6. The summed E-state index contributed by atoms with van der Waals surface area (Å²) in [6.07, 6.45) is 0.944. The van der Waals surface area contributed by atoms with Gasteiger partial charge < -0.3 is 9.47 Å². The summed E-state index contributed by atoms with van der Waals surface area (Å²) in [5.41, 5.74) is -0.521. The average Bonchev–Trinajstić information content (AvgIpc) is 2.17. The van der Waals surface area contributed by atoms with Crippen LogP contribution in [0, 0.1) is 10.8 Å². The summed E-state index contributed by atoms with van der Waals surface area (Å²) in [5, 5.41) is 0. The second-order valence-electron chi connectivity index (χ2n) is 4.99. The molecule has 0 aliphatic carbocycles. The van der Waals surface area contributed by atoms with Crippen molar-refractivity contribution in [3.05, 3.63) is 0 Å². The van der Waals surface area contributed by atoms with E-state index < -0.39 is 5.41 Å². The molecule has 0 spiro atoms. The zero-order chi connectivity index (χ0) is 12.1. The lowest BCUT2D eigenvalue weighted by Gasteiger charge is -2.38. The minimum Gasteiger partial charge on any atom is -0.463 e. The first kappa shape index (κ1) is 14.4. The number of carbonyl (C=O) groups excluding carboxylic acids is 1. The molecule has 0 N–H and O–H groups in total. The minimum atomic E-state index is -0.463. The molecule has 0 rings (SSSR count). The third-order valence-electron chi connectivity index (χ3n) is 3.61. The Kier molecular flexibility index (Phi) is 5.29. The van der Waals surface area contributed by atoms with E-state index in [2.05, 4.69) is 20.8 Å². The lowest BCUT2D eigenvalue weighted by molar-refractivity contribution is -0.162. The van der Waals surface area contributed by atoms with E-state index in [-0.39, 0.29) is 11.4 Å². The van der Waals surface area contributed by atoms with Crippen molar-refractivity contribution >= 4 is 5.97 Å². The molecule has 90 valence electrons. The van der Waals surface area contributed by atoms with Crippen LogP contribution in [0.15, 0.2) is 0 Å². The smallest absolute Gasteiger partial charge is 0.312 e. The highest BCUT2D eigenvalue weighted by Gasteiger charge is 2.43. The van der Waals surface area contributed by atoms with Crippen LogP contribution in [0.5, 0.6) is 0 Å². The fraction of sp³-hybridized carbons (Fsp3) is 0.917. The molecule has 0 fully saturated rings. The zero-order valence-corrected chi connectivity index (χ0v) is 10.8. The standard InChI is InChI=1S/C12H24O3/c1-7-11(2,3)12(4,5)10(13)15-9-8-14-6/h7-9H2,1-6H3. The SMILES string of the molecule is CCC(C)(C)C(C)(C)C(=O)OCCOC. The van der Waals surface area contributed by atoms with Gasteiger partial charge in [0.15, 0.2) is 0 Å². The van der Waals surface area contributed by atoms with E-state index >= 15 is 0 Å². The molecule has 0 atom stereocenters. The first-order valence-electron chi connectivity index (χ1n) is 5.45. The Labute approximate surface area is 93.1 Å². The molecular formula is C12H24O3. The van der Waals surface area contributed by atoms with E-state index in [0.29, 0.717) is 13.2 Å². The maximum absolute atomic E-state index is 11.9. The van der Waals surface area contributed by atoms with Gasteiger partial charge in [0, 0.05) is 7.11 Å². The average molecular weight is 216 g/mol. The Hall–Kier alpha value is -0.570. The van der Waals surface area contributed by atoms with Gasteiger partial charge in [0.05, 0.1) is 12.0 Å². The predicted octanol–water partition coefficient (Wildman–Crippen LogP) is 2.64. The number of carbonyl (C=O) groups is 1. The molecule has 0 radical (unpaired) electrons. The Morgan fingerprint density at radius 3 is 2.07 bits per heavy atom. The van der Waals surface area contributed by atoms with Gasteiger partial charge in [-0.2, -0.15) is 0 Å². The van der Waals surface area contributed by atoms with Crippen LogP contribution < -0.4 is 0 Å². The van der Waals surface area contributed by atoms with Crippen LogP contribution in [0.4, 0.5) is 0 Å². The van der Waals surface area contributed by atoms with Crippen LogP contribution in [0.1, 0.15) is 41.0 Å². The predicted molar refractivity (Wildman–Crippen MR) is 60.7 cm³/mol. The summed E-state index contributed by atoms with van der Waals surface area (Å²) < 4.78 is 10.0. The third-order valence-corrected chi connectivity index (χ3v) is 3.61. The van der Waals surface area contributed by atoms with Crippen molar-refractivity contribution in [2.45, 2.75) is 41.0 Å². The Balaban J connectivity index is 4.38. The van der Waals surface area contributed by atoms with Crippen LogP contribution in [0.3, 0.4) is 0 Å². The van der Waals surface area contributed by atoms with Gasteiger partial charge in [-0.15, -0.1) is 0 Å². The molecule has 15 heavy (non-hydrogen) atoms. The first-order chi connectivity index (χ1) is 6.79. The van der Waals surface area contributed by atoms with Crippen molar-refractivity contribution in [1.29, 1.82) is 0 Å². The number of hydrogen-bond donors (Lipinski definition) is 0. The van der Waals surface area contributed by atoms with Gasteiger partial charge in [-0.1, -0.05) is 20.8 Å². The summed E-state index contributed by atoms with van der Waals surface area (Å²) in [7, 11) is 1.59. The highest BCUT2D eigenvalue weighted by molar-refractivity contribution is 5.76. The van der Waals surface area contributed by atoms with Gasteiger partial charge in [0.1, 0.15) is 6.61 Å². The molecule has 0 aromatic heterocycles. The van der Waals surface area contributed by atoms with E-state index in [0.717, 1.165) is 6.42 Å². The van der Waals surface area contributed by atoms with Crippen molar-refractivity contribution in [3.8, 4) is 0 Å². The Bertz CT molecular complexity index is 207. The molecule has 0 aliphatic heterocycles. The molecule has 0 unspecified atom stereocenters. The van der Waals surface area contributed by atoms with Crippen molar-refractivity contribution in [2.24, 2.45) is 10.8 Å². The summed E-state index contributed by atoms with van der Waals surface area (Å²) in [6.45, 7) is 10.9. The Morgan fingerprint density at radius 2 is 1.67 bits per heavy atom. The van der Waals surface area contributed by atoms with E-state index in [4.69, 9.17) is 9.47 Å². The number of ether oxygens (including phenoxy) is 2. The highest BCUT2D eigenvalue weighted by Crippen LogP contribution is 2.41. The fourth-order valence-electron chi connectivity index (χ4n) is 1.12. The largest absolute Gasteiger partial charge is 0.463 e. The van der Waals surface area contributed by atoms with Crippen LogP contribution in [-0.2, 0) is 14.3 Å². The van der Waals surface area contributed by atoms with Gasteiger partial charge in [-0.3, -0.25) is 4.79 Å². The van der Waals surface area contributed by atoms with Crippen LogP contribution in [-0.4, -0.2) is 26.3 Å². The molecule has 0 aromatic rings. The molecule has 3 heteroatoms. The van der Waals surface area contributed by atoms with E-state index in [1.165, 1.54) is 0 Å². The van der Waals surface area contributed by atoms with Gasteiger partial charge in [0.2, 0.25) is 0 Å². The second kappa shape index (κ2) is 5.50. The fourth-order valence-corrected chi connectivity index (χ4v) is 1.12. The summed E-state index contributed by atoms with van der Waals surface area (Å²) in [5.74, 6) is -0.147. The van der Waals surface area contributed by atoms with E-state index in [1.807, 2.05) is 13.8 Å². The quantitative estimate of drug-likeness (QED) is 0.506.